The highest BCUT2D eigenvalue weighted by Gasteiger charge is 2.21. The van der Waals surface area contributed by atoms with E-state index in [2.05, 4.69) is 14.9 Å². The molecule has 2 aromatic rings. The summed E-state index contributed by atoms with van der Waals surface area (Å²) in [6.45, 7) is 1.37. The number of benzene rings is 1. The molecule has 8 heteroatoms. The maximum Gasteiger partial charge on any atom is 0.251 e. The molecule has 0 fully saturated rings. The van der Waals surface area contributed by atoms with E-state index in [4.69, 9.17) is 0 Å². The van der Waals surface area contributed by atoms with Gasteiger partial charge in [0, 0.05) is 38.3 Å². The Balaban J connectivity index is 1.81. The van der Waals surface area contributed by atoms with Crippen molar-refractivity contribution in [2.75, 3.05) is 13.3 Å². The van der Waals surface area contributed by atoms with Crippen molar-refractivity contribution in [2.24, 2.45) is 0 Å². The third kappa shape index (κ3) is 4.31. The first-order valence-corrected chi connectivity index (χ1v) is 10.5. The van der Waals surface area contributed by atoms with E-state index in [1.165, 1.54) is 10.6 Å². The summed E-state index contributed by atoms with van der Waals surface area (Å²) in [6, 6.07) is 7.00. The number of amides is 1. The maximum absolute atomic E-state index is 12.3. The Morgan fingerprint density at radius 3 is 2.81 bits per heavy atom. The van der Waals surface area contributed by atoms with Crippen molar-refractivity contribution in [3.8, 4) is 0 Å². The first-order valence-electron chi connectivity index (χ1n) is 8.68. The number of imidazole rings is 1. The van der Waals surface area contributed by atoms with Gasteiger partial charge in [0.1, 0.15) is 5.82 Å². The van der Waals surface area contributed by atoms with Gasteiger partial charge in [0.05, 0.1) is 18.5 Å². The van der Waals surface area contributed by atoms with Crippen LogP contribution in [0.3, 0.4) is 0 Å². The summed E-state index contributed by atoms with van der Waals surface area (Å²) in [7, 11) is -1.85. The molecule has 0 spiro atoms. The summed E-state index contributed by atoms with van der Waals surface area (Å²) in [5.41, 5.74) is 2.03. The van der Waals surface area contributed by atoms with Gasteiger partial charge in [0.25, 0.3) is 5.91 Å². The van der Waals surface area contributed by atoms with Gasteiger partial charge in [-0.25, -0.2) is 13.4 Å². The number of hydrogen-bond acceptors (Lipinski definition) is 4. The molecule has 3 rings (SSSR count). The second-order valence-corrected chi connectivity index (χ2v) is 8.59. The molecule has 0 radical (unpaired) electrons. The number of fused-ring (bicyclic) bond motifs is 1. The molecule has 7 nitrogen and oxygen atoms in total. The first kappa shape index (κ1) is 18.6. The van der Waals surface area contributed by atoms with E-state index < -0.39 is 10.0 Å². The van der Waals surface area contributed by atoms with Gasteiger partial charge in [-0.05, 0) is 30.5 Å². The van der Waals surface area contributed by atoms with Gasteiger partial charge in [0.2, 0.25) is 10.0 Å². The Kier molecular flexibility index (Phi) is 5.43. The molecule has 0 atom stereocenters. The Labute approximate surface area is 154 Å². The zero-order valence-corrected chi connectivity index (χ0v) is 15.9. The molecule has 1 aromatic heterocycles. The third-order valence-corrected chi connectivity index (χ3v) is 5.74. The van der Waals surface area contributed by atoms with Crippen molar-refractivity contribution >= 4 is 15.9 Å². The second kappa shape index (κ2) is 7.59. The SMILES string of the molecule is CNC(=O)c1cccc(CN(Cc2cn3c(n2)CCCC3)S(C)(=O)=O)c1. The zero-order valence-electron chi connectivity index (χ0n) is 15.1. The highest BCUT2D eigenvalue weighted by molar-refractivity contribution is 7.88. The predicted molar refractivity (Wildman–Crippen MR) is 99.1 cm³/mol. The number of carbonyl (C=O) groups is 1. The smallest absolute Gasteiger partial charge is 0.251 e. The van der Waals surface area contributed by atoms with E-state index in [9.17, 15) is 13.2 Å². The minimum absolute atomic E-state index is 0.195. The molecule has 26 heavy (non-hydrogen) atoms. The molecule has 0 saturated heterocycles. The van der Waals surface area contributed by atoms with Crippen molar-refractivity contribution < 1.29 is 13.2 Å². The fourth-order valence-corrected chi connectivity index (χ4v) is 3.93. The normalized spacial score (nSPS) is 14.3. The first-order chi connectivity index (χ1) is 12.4. The quantitative estimate of drug-likeness (QED) is 0.829. The van der Waals surface area contributed by atoms with Gasteiger partial charge in [0.15, 0.2) is 0 Å². The van der Waals surface area contributed by atoms with Gasteiger partial charge >= 0.3 is 0 Å². The number of nitrogens with one attached hydrogen (secondary N) is 1. The predicted octanol–water partition coefficient (Wildman–Crippen LogP) is 1.54. The van der Waals surface area contributed by atoms with Crippen LogP contribution in [0.2, 0.25) is 0 Å². The van der Waals surface area contributed by atoms with Crippen LogP contribution in [-0.2, 0) is 36.1 Å². The fourth-order valence-electron chi connectivity index (χ4n) is 3.18. The number of nitrogens with zero attached hydrogens (tertiary/aromatic N) is 3. The van der Waals surface area contributed by atoms with E-state index in [1.54, 1.807) is 25.2 Å². The highest BCUT2D eigenvalue weighted by Crippen LogP contribution is 2.18. The zero-order chi connectivity index (χ0) is 18.7. The number of carbonyl (C=O) groups excluding carboxylic acids is 1. The van der Waals surface area contributed by atoms with Crippen LogP contribution in [0, 0.1) is 0 Å². The lowest BCUT2D eigenvalue weighted by molar-refractivity contribution is 0.0963. The van der Waals surface area contributed by atoms with E-state index in [1.807, 2.05) is 12.3 Å². The molecular formula is C18H24N4O3S. The second-order valence-electron chi connectivity index (χ2n) is 6.61. The van der Waals surface area contributed by atoms with E-state index in [0.717, 1.165) is 42.9 Å². The van der Waals surface area contributed by atoms with E-state index >= 15 is 0 Å². The largest absolute Gasteiger partial charge is 0.355 e. The fraction of sp³-hybridized carbons (Fsp3) is 0.444. The highest BCUT2D eigenvalue weighted by atomic mass is 32.2. The van der Waals surface area contributed by atoms with Crippen LogP contribution in [0.4, 0.5) is 0 Å². The summed E-state index contributed by atoms with van der Waals surface area (Å²) >= 11 is 0. The minimum atomic E-state index is -3.42. The molecule has 0 unspecified atom stereocenters. The van der Waals surface area contributed by atoms with Crippen LogP contribution in [0.25, 0.3) is 0 Å². The lowest BCUT2D eigenvalue weighted by Crippen LogP contribution is -2.29. The third-order valence-electron chi connectivity index (χ3n) is 4.54. The Bertz CT molecular complexity index is 881. The standard InChI is InChI=1S/C18H24N4O3S/c1-19-18(23)15-7-5-6-14(10-15)11-22(26(2,24)25)13-16-12-21-9-4-3-8-17(21)20-16/h5-7,10,12H,3-4,8-9,11,13H2,1-2H3,(H,19,23). The van der Waals surface area contributed by atoms with Crippen molar-refractivity contribution in [1.29, 1.82) is 0 Å². The summed E-state index contributed by atoms with van der Waals surface area (Å²) in [5, 5.41) is 2.58. The molecular weight excluding hydrogens is 352 g/mol. The number of hydrogen-bond donors (Lipinski definition) is 1. The molecule has 1 amide bonds. The van der Waals surface area contributed by atoms with Crippen LogP contribution < -0.4 is 5.32 Å². The van der Waals surface area contributed by atoms with Crippen LogP contribution in [0.15, 0.2) is 30.5 Å². The van der Waals surface area contributed by atoms with Crippen molar-refractivity contribution in [3.63, 3.8) is 0 Å². The molecule has 1 aromatic carbocycles. The minimum Gasteiger partial charge on any atom is -0.355 e. The molecule has 0 aliphatic carbocycles. The van der Waals surface area contributed by atoms with Crippen molar-refractivity contribution in [3.05, 3.63) is 53.1 Å². The van der Waals surface area contributed by atoms with Crippen molar-refractivity contribution in [2.45, 2.75) is 38.9 Å². The number of aryl methyl sites for hydroxylation is 2. The lowest BCUT2D eigenvalue weighted by Gasteiger charge is -2.19. The average molecular weight is 376 g/mol. The molecule has 2 heterocycles. The van der Waals surface area contributed by atoms with Gasteiger partial charge < -0.3 is 9.88 Å². The van der Waals surface area contributed by atoms with Gasteiger partial charge in [-0.2, -0.15) is 4.31 Å². The monoisotopic (exact) mass is 376 g/mol. The van der Waals surface area contributed by atoms with E-state index in [0.29, 0.717) is 5.56 Å². The Hall–Kier alpha value is -2.19. The van der Waals surface area contributed by atoms with Crippen LogP contribution >= 0.6 is 0 Å². The Morgan fingerprint density at radius 1 is 1.31 bits per heavy atom. The van der Waals surface area contributed by atoms with Crippen molar-refractivity contribution in [1.82, 2.24) is 19.2 Å². The molecule has 1 aliphatic heterocycles. The van der Waals surface area contributed by atoms with Crippen LogP contribution in [0.1, 0.15) is 40.3 Å². The van der Waals surface area contributed by atoms with Crippen LogP contribution in [-0.4, -0.2) is 41.5 Å². The number of rotatable bonds is 6. The Morgan fingerprint density at radius 2 is 2.12 bits per heavy atom. The molecule has 1 N–H and O–H groups in total. The summed E-state index contributed by atoms with van der Waals surface area (Å²) in [5.74, 6) is 0.834. The summed E-state index contributed by atoms with van der Waals surface area (Å²) < 4.78 is 28.1. The molecule has 0 saturated carbocycles. The lowest BCUT2D eigenvalue weighted by atomic mass is 10.1. The summed E-state index contributed by atoms with van der Waals surface area (Å²) in [6.07, 6.45) is 6.34. The maximum atomic E-state index is 12.3. The number of aromatic nitrogens is 2. The van der Waals surface area contributed by atoms with E-state index in [-0.39, 0.29) is 19.0 Å². The molecule has 0 bridgehead atoms. The van der Waals surface area contributed by atoms with Gasteiger partial charge in [-0.15, -0.1) is 0 Å². The topological polar surface area (TPSA) is 84.3 Å². The summed E-state index contributed by atoms with van der Waals surface area (Å²) in [4.78, 5) is 16.4. The van der Waals surface area contributed by atoms with Gasteiger partial charge in [-0.3, -0.25) is 4.79 Å². The molecule has 140 valence electrons. The molecule has 1 aliphatic rings. The van der Waals surface area contributed by atoms with Crippen LogP contribution in [0.5, 0.6) is 0 Å². The number of sulfonamides is 1. The van der Waals surface area contributed by atoms with Gasteiger partial charge in [-0.1, -0.05) is 12.1 Å². The average Bonchev–Trinajstić information content (AvgIpc) is 3.02.